The van der Waals surface area contributed by atoms with Crippen LogP contribution in [0, 0.1) is 6.92 Å². The maximum atomic E-state index is 11.3. The SMILES string of the molecule is Cc1ccc(N(CC(N)=O)c2ccc(S(N)(=O)=O)cc2)cc1. The van der Waals surface area contributed by atoms with Crippen LogP contribution in [0.2, 0.25) is 0 Å². The molecule has 2 aromatic carbocycles. The number of hydrogen-bond donors (Lipinski definition) is 2. The van der Waals surface area contributed by atoms with Crippen LogP contribution >= 0.6 is 0 Å². The third-order valence-corrected chi connectivity index (χ3v) is 4.07. The number of primary sulfonamides is 1. The van der Waals surface area contributed by atoms with Crippen LogP contribution < -0.4 is 15.8 Å². The summed E-state index contributed by atoms with van der Waals surface area (Å²) in [5.41, 5.74) is 7.82. The summed E-state index contributed by atoms with van der Waals surface area (Å²) in [4.78, 5) is 13.0. The van der Waals surface area contributed by atoms with Crippen molar-refractivity contribution in [3.63, 3.8) is 0 Å². The van der Waals surface area contributed by atoms with E-state index in [-0.39, 0.29) is 11.4 Å². The van der Waals surface area contributed by atoms with Crippen LogP contribution in [-0.2, 0) is 14.8 Å². The van der Waals surface area contributed by atoms with Gasteiger partial charge in [0.1, 0.15) is 6.54 Å². The number of nitrogens with two attached hydrogens (primary N) is 2. The molecule has 2 rings (SSSR count). The van der Waals surface area contributed by atoms with Crippen molar-refractivity contribution in [1.82, 2.24) is 0 Å². The van der Waals surface area contributed by atoms with Crippen LogP contribution in [0.3, 0.4) is 0 Å². The molecule has 0 aromatic heterocycles. The van der Waals surface area contributed by atoms with Crippen molar-refractivity contribution in [2.45, 2.75) is 11.8 Å². The summed E-state index contributed by atoms with van der Waals surface area (Å²) in [6.07, 6.45) is 0. The first-order valence-corrected chi connectivity index (χ1v) is 8.07. The van der Waals surface area contributed by atoms with Gasteiger partial charge in [0.2, 0.25) is 15.9 Å². The number of amides is 1. The third-order valence-electron chi connectivity index (χ3n) is 3.14. The molecule has 1 amide bonds. The first kappa shape index (κ1) is 16.0. The molecule has 0 heterocycles. The number of nitrogens with zero attached hydrogens (tertiary/aromatic N) is 1. The number of anilines is 2. The first-order valence-electron chi connectivity index (χ1n) is 6.53. The molecular weight excluding hydrogens is 302 g/mol. The lowest BCUT2D eigenvalue weighted by Crippen LogP contribution is -2.30. The highest BCUT2D eigenvalue weighted by Gasteiger charge is 2.14. The summed E-state index contributed by atoms with van der Waals surface area (Å²) in [5, 5.41) is 5.08. The molecule has 22 heavy (non-hydrogen) atoms. The van der Waals surface area contributed by atoms with Gasteiger partial charge < -0.3 is 10.6 Å². The summed E-state index contributed by atoms with van der Waals surface area (Å²) in [7, 11) is -3.75. The molecule has 6 nitrogen and oxygen atoms in total. The van der Waals surface area contributed by atoms with Crippen molar-refractivity contribution in [1.29, 1.82) is 0 Å². The fourth-order valence-corrected chi connectivity index (χ4v) is 2.54. The average Bonchev–Trinajstić information content (AvgIpc) is 2.45. The Labute approximate surface area is 129 Å². The molecule has 0 fully saturated rings. The van der Waals surface area contributed by atoms with Gasteiger partial charge in [-0.15, -0.1) is 0 Å². The van der Waals surface area contributed by atoms with Crippen molar-refractivity contribution in [2.75, 3.05) is 11.4 Å². The fraction of sp³-hybridized carbons (Fsp3) is 0.133. The van der Waals surface area contributed by atoms with E-state index in [1.807, 2.05) is 31.2 Å². The van der Waals surface area contributed by atoms with Crippen LogP contribution in [0.25, 0.3) is 0 Å². The molecule has 0 bridgehead atoms. The Morgan fingerprint density at radius 1 is 1.00 bits per heavy atom. The number of carbonyl (C=O) groups is 1. The zero-order valence-corrected chi connectivity index (χ0v) is 12.9. The van der Waals surface area contributed by atoms with Crippen LogP contribution in [0.4, 0.5) is 11.4 Å². The fourth-order valence-electron chi connectivity index (χ4n) is 2.03. The summed E-state index contributed by atoms with van der Waals surface area (Å²) in [5.74, 6) is -0.490. The molecule has 4 N–H and O–H groups in total. The predicted molar refractivity (Wildman–Crippen MR) is 85.2 cm³/mol. The Morgan fingerprint density at radius 3 is 1.86 bits per heavy atom. The number of sulfonamides is 1. The molecule has 0 saturated carbocycles. The number of benzene rings is 2. The second-order valence-corrected chi connectivity index (χ2v) is 6.49. The molecule has 0 unspecified atom stereocenters. The number of aryl methyl sites for hydroxylation is 1. The highest BCUT2D eigenvalue weighted by Crippen LogP contribution is 2.26. The van der Waals surface area contributed by atoms with E-state index in [1.54, 1.807) is 17.0 Å². The Kier molecular flexibility index (Phi) is 4.48. The van der Waals surface area contributed by atoms with E-state index in [0.717, 1.165) is 11.3 Å². The highest BCUT2D eigenvalue weighted by atomic mass is 32.2. The summed E-state index contributed by atoms with van der Waals surface area (Å²) < 4.78 is 22.6. The zero-order valence-electron chi connectivity index (χ0n) is 12.1. The van der Waals surface area contributed by atoms with E-state index in [9.17, 15) is 13.2 Å². The van der Waals surface area contributed by atoms with E-state index in [4.69, 9.17) is 10.9 Å². The van der Waals surface area contributed by atoms with Crippen molar-refractivity contribution in [2.24, 2.45) is 10.9 Å². The van der Waals surface area contributed by atoms with E-state index < -0.39 is 15.9 Å². The van der Waals surface area contributed by atoms with Crippen LogP contribution in [-0.4, -0.2) is 20.9 Å². The molecule has 116 valence electrons. The lowest BCUT2D eigenvalue weighted by molar-refractivity contribution is -0.116. The molecule has 0 spiro atoms. The maximum Gasteiger partial charge on any atom is 0.238 e. The van der Waals surface area contributed by atoms with Crippen molar-refractivity contribution in [3.8, 4) is 0 Å². The van der Waals surface area contributed by atoms with Gasteiger partial charge in [0, 0.05) is 11.4 Å². The predicted octanol–water partition coefficient (Wildman–Crippen LogP) is 1.27. The quantitative estimate of drug-likeness (QED) is 0.865. The molecule has 0 atom stereocenters. The van der Waals surface area contributed by atoms with Gasteiger partial charge in [-0.1, -0.05) is 17.7 Å². The van der Waals surface area contributed by atoms with Crippen LogP contribution in [0.5, 0.6) is 0 Å². The van der Waals surface area contributed by atoms with E-state index in [0.29, 0.717) is 5.69 Å². The number of carbonyl (C=O) groups excluding carboxylic acids is 1. The molecular formula is C15H17N3O3S. The van der Waals surface area contributed by atoms with E-state index in [1.165, 1.54) is 12.1 Å². The second-order valence-electron chi connectivity index (χ2n) is 4.93. The van der Waals surface area contributed by atoms with Gasteiger partial charge in [0.15, 0.2) is 0 Å². The van der Waals surface area contributed by atoms with Crippen molar-refractivity contribution in [3.05, 3.63) is 54.1 Å². The largest absolute Gasteiger partial charge is 0.368 e. The third kappa shape index (κ3) is 3.84. The van der Waals surface area contributed by atoms with Gasteiger partial charge in [0.05, 0.1) is 4.90 Å². The Hall–Kier alpha value is -2.38. The van der Waals surface area contributed by atoms with Gasteiger partial charge in [-0.25, -0.2) is 13.6 Å². The standard InChI is InChI=1S/C15H17N3O3S/c1-11-2-4-12(5-3-11)18(10-15(16)19)13-6-8-14(9-7-13)22(17,20)21/h2-9H,10H2,1H3,(H2,16,19)(H2,17,20,21). The minimum atomic E-state index is -3.75. The molecule has 0 aliphatic carbocycles. The van der Waals surface area contributed by atoms with Crippen molar-refractivity contribution >= 4 is 27.3 Å². The zero-order chi connectivity index (χ0) is 16.3. The summed E-state index contributed by atoms with van der Waals surface area (Å²) in [6.45, 7) is 1.95. The van der Waals surface area contributed by atoms with Gasteiger partial charge in [-0.05, 0) is 43.3 Å². The van der Waals surface area contributed by atoms with Gasteiger partial charge in [-0.3, -0.25) is 4.79 Å². The second kappa shape index (κ2) is 6.17. The number of primary amides is 1. The molecule has 0 saturated heterocycles. The Balaban J connectivity index is 2.41. The molecule has 0 radical (unpaired) electrons. The topological polar surface area (TPSA) is 106 Å². The summed E-state index contributed by atoms with van der Waals surface area (Å²) >= 11 is 0. The molecule has 7 heteroatoms. The molecule has 0 aliphatic rings. The number of rotatable bonds is 5. The minimum Gasteiger partial charge on any atom is -0.368 e. The summed E-state index contributed by atoms with van der Waals surface area (Å²) in [6, 6.07) is 13.5. The smallest absolute Gasteiger partial charge is 0.238 e. The Bertz CT molecular complexity index is 769. The van der Waals surface area contributed by atoms with E-state index in [2.05, 4.69) is 0 Å². The van der Waals surface area contributed by atoms with Crippen molar-refractivity contribution < 1.29 is 13.2 Å². The number of hydrogen-bond acceptors (Lipinski definition) is 4. The molecule has 2 aromatic rings. The Morgan fingerprint density at radius 2 is 1.45 bits per heavy atom. The average molecular weight is 319 g/mol. The van der Waals surface area contributed by atoms with Crippen LogP contribution in [0.1, 0.15) is 5.56 Å². The molecule has 0 aliphatic heterocycles. The monoisotopic (exact) mass is 319 g/mol. The van der Waals surface area contributed by atoms with Gasteiger partial charge in [0.25, 0.3) is 0 Å². The minimum absolute atomic E-state index is 0.0131. The van der Waals surface area contributed by atoms with E-state index >= 15 is 0 Å². The maximum absolute atomic E-state index is 11.3. The van der Waals surface area contributed by atoms with Gasteiger partial charge in [-0.2, -0.15) is 0 Å². The first-order chi connectivity index (χ1) is 10.3. The normalized spacial score (nSPS) is 11.2. The lowest BCUT2D eigenvalue weighted by Gasteiger charge is -2.23. The van der Waals surface area contributed by atoms with Gasteiger partial charge >= 0.3 is 0 Å². The lowest BCUT2D eigenvalue weighted by atomic mass is 10.2. The highest BCUT2D eigenvalue weighted by molar-refractivity contribution is 7.89. The van der Waals surface area contributed by atoms with Crippen LogP contribution in [0.15, 0.2) is 53.4 Å².